The molecule has 1 aliphatic rings. The van der Waals surface area contributed by atoms with E-state index in [2.05, 4.69) is 4.99 Å². The van der Waals surface area contributed by atoms with Crippen LogP contribution in [0.1, 0.15) is 12.5 Å². The van der Waals surface area contributed by atoms with Crippen LogP contribution in [0.2, 0.25) is 0 Å². The van der Waals surface area contributed by atoms with Gasteiger partial charge in [0.15, 0.2) is 0 Å². The number of fused-ring (bicyclic) bond motifs is 1. The first kappa shape index (κ1) is 10.2. The van der Waals surface area contributed by atoms with Crippen LogP contribution in [0.25, 0.3) is 0 Å². The van der Waals surface area contributed by atoms with Crippen molar-refractivity contribution in [3.8, 4) is 5.75 Å². The Balaban J connectivity index is 2.50. The zero-order chi connectivity index (χ0) is 10.8. The fraction of sp³-hybridized carbons (Fsp3) is 0.250. The SMILES string of the molecule is COc1ccc2c(c1)CC(C)=CC(Cl)=N2. The lowest BCUT2D eigenvalue weighted by molar-refractivity contribution is 0.414. The van der Waals surface area contributed by atoms with E-state index < -0.39 is 0 Å². The van der Waals surface area contributed by atoms with Crippen LogP contribution in [-0.2, 0) is 6.42 Å². The van der Waals surface area contributed by atoms with Crippen LogP contribution in [0.3, 0.4) is 0 Å². The van der Waals surface area contributed by atoms with Gasteiger partial charge < -0.3 is 4.74 Å². The average Bonchev–Trinajstić information content (AvgIpc) is 2.33. The Morgan fingerprint density at radius 3 is 2.93 bits per heavy atom. The summed E-state index contributed by atoms with van der Waals surface area (Å²) in [5.74, 6) is 0.856. The summed E-state index contributed by atoms with van der Waals surface area (Å²) < 4.78 is 5.18. The molecule has 0 spiro atoms. The van der Waals surface area contributed by atoms with Gasteiger partial charge in [-0.2, -0.15) is 0 Å². The van der Waals surface area contributed by atoms with Crippen molar-refractivity contribution in [1.82, 2.24) is 0 Å². The highest BCUT2D eigenvalue weighted by molar-refractivity contribution is 6.68. The number of rotatable bonds is 1. The van der Waals surface area contributed by atoms with Gasteiger partial charge in [0.25, 0.3) is 0 Å². The third-order valence-electron chi connectivity index (χ3n) is 2.35. The second-order valence-corrected chi connectivity index (χ2v) is 3.98. The van der Waals surface area contributed by atoms with Crippen LogP contribution in [0.5, 0.6) is 5.75 Å². The van der Waals surface area contributed by atoms with E-state index in [0.29, 0.717) is 5.17 Å². The molecule has 0 saturated heterocycles. The first-order valence-electron chi connectivity index (χ1n) is 4.77. The number of benzene rings is 1. The van der Waals surface area contributed by atoms with Crippen molar-refractivity contribution in [2.75, 3.05) is 7.11 Å². The molecule has 1 heterocycles. The second kappa shape index (κ2) is 4.07. The van der Waals surface area contributed by atoms with Gasteiger partial charge in [-0.25, -0.2) is 4.99 Å². The molecule has 0 atom stereocenters. The van der Waals surface area contributed by atoms with Gasteiger partial charge in [0.2, 0.25) is 0 Å². The maximum Gasteiger partial charge on any atom is 0.129 e. The van der Waals surface area contributed by atoms with Crippen molar-refractivity contribution < 1.29 is 4.74 Å². The van der Waals surface area contributed by atoms with Gasteiger partial charge in [-0.15, -0.1) is 0 Å². The third kappa shape index (κ3) is 2.21. The van der Waals surface area contributed by atoms with E-state index in [0.717, 1.165) is 23.4 Å². The van der Waals surface area contributed by atoms with E-state index in [9.17, 15) is 0 Å². The van der Waals surface area contributed by atoms with Crippen molar-refractivity contribution >= 4 is 22.5 Å². The Morgan fingerprint density at radius 2 is 2.20 bits per heavy atom. The minimum Gasteiger partial charge on any atom is -0.497 e. The standard InChI is InChI=1S/C12H12ClNO/c1-8-5-9-7-10(15-2)3-4-11(9)14-12(13)6-8/h3-4,6-7H,5H2,1-2H3. The smallest absolute Gasteiger partial charge is 0.129 e. The predicted molar refractivity (Wildman–Crippen MR) is 63.4 cm³/mol. The average molecular weight is 222 g/mol. The molecule has 0 N–H and O–H groups in total. The molecule has 2 rings (SSSR count). The third-order valence-corrected chi connectivity index (χ3v) is 2.54. The van der Waals surface area contributed by atoms with E-state index in [-0.39, 0.29) is 0 Å². The summed E-state index contributed by atoms with van der Waals surface area (Å²) in [6.07, 6.45) is 2.76. The molecule has 3 heteroatoms. The minimum atomic E-state index is 0.538. The molecule has 1 aliphatic heterocycles. The zero-order valence-corrected chi connectivity index (χ0v) is 9.51. The molecule has 1 aromatic carbocycles. The van der Waals surface area contributed by atoms with Crippen molar-refractivity contribution in [3.63, 3.8) is 0 Å². The Hall–Kier alpha value is -1.28. The van der Waals surface area contributed by atoms with Gasteiger partial charge in [0.05, 0.1) is 12.8 Å². The molecule has 0 unspecified atom stereocenters. The molecule has 0 bridgehead atoms. The molecule has 0 aliphatic carbocycles. The second-order valence-electron chi connectivity index (χ2n) is 3.60. The number of allylic oxidation sites excluding steroid dienone is 2. The van der Waals surface area contributed by atoms with Gasteiger partial charge in [0, 0.05) is 0 Å². The summed E-state index contributed by atoms with van der Waals surface area (Å²) in [5, 5.41) is 0.538. The van der Waals surface area contributed by atoms with Crippen molar-refractivity contribution in [2.45, 2.75) is 13.3 Å². The molecule has 0 aromatic heterocycles. The summed E-state index contributed by atoms with van der Waals surface area (Å²) in [6, 6.07) is 5.84. The molecule has 0 radical (unpaired) electrons. The van der Waals surface area contributed by atoms with Crippen LogP contribution < -0.4 is 4.74 Å². The Bertz CT molecular complexity index is 449. The molecular weight excluding hydrogens is 210 g/mol. The summed E-state index contributed by atoms with van der Waals surface area (Å²) in [7, 11) is 1.66. The lowest BCUT2D eigenvalue weighted by Crippen LogP contribution is -1.89. The molecule has 0 fully saturated rings. The normalized spacial score (nSPS) is 14.9. The van der Waals surface area contributed by atoms with Crippen molar-refractivity contribution in [3.05, 3.63) is 35.4 Å². The fourth-order valence-corrected chi connectivity index (χ4v) is 1.92. The minimum absolute atomic E-state index is 0.538. The Labute approximate surface area is 94.2 Å². The summed E-state index contributed by atoms with van der Waals surface area (Å²) in [4.78, 5) is 4.32. The predicted octanol–water partition coefficient (Wildman–Crippen LogP) is 3.47. The van der Waals surface area contributed by atoms with Gasteiger partial charge in [-0.1, -0.05) is 17.2 Å². The maximum absolute atomic E-state index is 5.96. The first-order chi connectivity index (χ1) is 7.19. The lowest BCUT2D eigenvalue weighted by Gasteiger charge is -2.06. The quantitative estimate of drug-likeness (QED) is 0.712. The van der Waals surface area contributed by atoms with Gasteiger partial charge in [0.1, 0.15) is 10.9 Å². The van der Waals surface area contributed by atoms with Crippen LogP contribution in [-0.4, -0.2) is 12.3 Å². The highest BCUT2D eigenvalue weighted by Gasteiger charge is 2.09. The van der Waals surface area contributed by atoms with E-state index in [4.69, 9.17) is 16.3 Å². The van der Waals surface area contributed by atoms with Crippen molar-refractivity contribution in [1.29, 1.82) is 0 Å². The highest BCUT2D eigenvalue weighted by atomic mass is 35.5. The van der Waals surface area contributed by atoms with Gasteiger partial charge in [-0.05, 0) is 43.2 Å². The number of hydrogen-bond acceptors (Lipinski definition) is 2. The summed E-state index contributed by atoms with van der Waals surface area (Å²) in [5.41, 5.74) is 3.28. The van der Waals surface area contributed by atoms with Crippen LogP contribution >= 0.6 is 11.6 Å². The van der Waals surface area contributed by atoms with Crippen molar-refractivity contribution in [2.24, 2.45) is 4.99 Å². The van der Waals surface area contributed by atoms with Crippen LogP contribution in [0.15, 0.2) is 34.8 Å². The number of methoxy groups -OCH3 is 1. The molecule has 78 valence electrons. The largest absolute Gasteiger partial charge is 0.497 e. The monoisotopic (exact) mass is 221 g/mol. The molecule has 0 amide bonds. The zero-order valence-electron chi connectivity index (χ0n) is 8.75. The number of halogens is 1. The molecular formula is C12H12ClNO. The van der Waals surface area contributed by atoms with E-state index >= 15 is 0 Å². The number of ether oxygens (including phenoxy) is 1. The maximum atomic E-state index is 5.96. The van der Waals surface area contributed by atoms with Crippen LogP contribution in [0.4, 0.5) is 5.69 Å². The van der Waals surface area contributed by atoms with E-state index in [1.165, 1.54) is 5.57 Å². The van der Waals surface area contributed by atoms with Crippen LogP contribution in [0, 0.1) is 0 Å². The Kier molecular flexibility index (Phi) is 2.78. The molecule has 0 saturated carbocycles. The van der Waals surface area contributed by atoms with Gasteiger partial charge >= 0.3 is 0 Å². The summed E-state index contributed by atoms with van der Waals surface area (Å²) >= 11 is 5.96. The molecule has 2 nitrogen and oxygen atoms in total. The Morgan fingerprint density at radius 1 is 1.40 bits per heavy atom. The molecule has 15 heavy (non-hydrogen) atoms. The highest BCUT2D eigenvalue weighted by Crippen LogP contribution is 2.29. The number of aliphatic imine (C=N–C) groups is 1. The first-order valence-corrected chi connectivity index (χ1v) is 5.15. The number of hydrogen-bond donors (Lipinski definition) is 0. The number of nitrogens with zero attached hydrogens (tertiary/aromatic N) is 1. The van der Waals surface area contributed by atoms with Gasteiger partial charge in [-0.3, -0.25) is 0 Å². The fourth-order valence-electron chi connectivity index (χ4n) is 1.64. The topological polar surface area (TPSA) is 21.6 Å². The van der Waals surface area contributed by atoms with E-state index in [1.807, 2.05) is 31.2 Å². The molecule has 1 aromatic rings. The lowest BCUT2D eigenvalue weighted by atomic mass is 10.1. The summed E-state index contributed by atoms with van der Waals surface area (Å²) in [6.45, 7) is 2.05. The van der Waals surface area contributed by atoms with E-state index in [1.54, 1.807) is 7.11 Å².